The highest BCUT2D eigenvalue weighted by atomic mass is 35.5. The minimum Gasteiger partial charge on any atom is -0.489 e. The molecule has 0 heterocycles. The van der Waals surface area contributed by atoms with Gasteiger partial charge in [0.25, 0.3) is 0 Å². The molecule has 3 nitrogen and oxygen atoms in total. The molecule has 0 unspecified atom stereocenters. The Balaban J connectivity index is 2.19. The Bertz CT molecular complexity index is 411. The number of ether oxygens (including phenoxy) is 1. The highest BCUT2D eigenvalue weighted by molar-refractivity contribution is 6.33. The average Bonchev–Trinajstić information content (AvgIpc) is 2.30. The molecule has 1 saturated carbocycles. The van der Waals surface area contributed by atoms with Gasteiger partial charge in [-0.3, -0.25) is 0 Å². The minimum absolute atomic E-state index is 0.0692. The third-order valence-electron chi connectivity index (χ3n) is 3.04. The van der Waals surface area contributed by atoms with E-state index in [0.717, 1.165) is 25.7 Å². The number of halogens is 1. The van der Waals surface area contributed by atoms with Gasteiger partial charge in [-0.05, 0) is 37.8 Å². The second-order valence-corrected chi connectivity index (χ2v) is 4.70. The van der Waals surface area contributed by atoms with Crippen LogP contribution in [0.4, 0.5) is 0 Å². The number of carboxylic acids is 1. The molecule has 0 atom stereocenters. The predicted octanol–water partition coefficient (Wildman–Crippen LogP) is 3.75. The standard InChI is InChI=1S/C13H15ClO3/c14-10-7-4-8-11(12(10)13(15)16)17-9-5-2-1-3-6-9/h4,7-9H,1-3,5-6H2,(H,15,16). The molecule has 1 N–H and O–H groups in total. The van der Waals surface area contributed by atoms with Crippen LogP contribution < -0.4 is 4.74 Å². The van der Waals surface area contributed by atoms with Crippen molar-refractivity contribution >= 4 is 17.6 Å². The molecule has 1 aromatic rings. The van der Waals surface area contributed by atoms with Gasteiger partial charge in [-0.2, -0.15) is 0 Å². The lowest BCUT2D eigenvalue weighted by Crippen LogP contribution is -2.20. The monoisotopic (exact) mass is 254 g/mol. The maximum atomic E-state index is 11.1. The zero-order valence-corrected chi connectivity index (χ0v) is 10.2. The number of aromatic carboxylic acids is 1. The number of benzene rings is 1. The van der Waals surface area contributed by atoms with E-state index in [4.69, 9.17) is 21.4 Å². The lowest BCUT2D eigenvalue weighted by molar-refractivity contribution is 0.0686. The number of hydrogen-bond donors (Lipinski definition) is 1. The first kappa shape index (κ1) is 12.2. The first-order chi connectivity index (χ1) is 8.18. The molecule has 4 heteroatoms. The van der Waals surface area contributed by atoms with Crippen molar-refractivity contribution in [1.82, 2.24) is 0 Å². The lowest BCUT2D eigenvalue weighted by Gasteiger charge is -2.23. The lowest BCUT2D eigenvalue weighted by atomic mass is 9.97. The van der Waals surface area contributed by atoms with E-state index in [1.165, 1.54) is 6.42 Å². The molecule has 2 rings (SSSR count). The molecule has 1 aromatic carbocycles. The molecular weight excluding hydrogens is 240 g/mol. The van der Waals surface area contributed by atoms with Crippen molar-refractivity contribution in [2.45, 2.75) is 38.2 Å². The van der Waals surface area contributed by atoms with Crippen LogP contribution in [0.15, 0.2) is 18.2 Å². The summed E-state index contributed by atoms with van der Waals surface area (Å²) < 4.78 is 5.76. The topological polar surface area (TPSA) is 46.5 Å². The quantitative estimate of drug-likeness (QED) is 0.894. The van der Waals surface area contributed by atoms with Crippen LogP contribution >= 0.6 is 11.6 Å². The fraction of sp³-hybridized carbons (Fsp3) is 0.462. The Labute approximate surface area is 105 Å². The van der Waals surface area contributed by atoms with Gasteiger partial charge in [-0.25, -0.2) is 4.79 Å². The normalized spacial score (nSPS) is 16.8. The summed E-state index contributed by atoms with van der Waals surface area (Å²) in [5, 5.41) is 9.34. The van der Waals surface area contributed by atoms with Crippen LogP contribution in [0.3, 0.4) is 0 Å². The van der Waals surface area contributed by atoms with E-state index in [2.05, 4.69) is 0 Å². The Kier molecular flexibility index (Phi) is 3.89. The summed E-state index contributed by atoms with van der Waals surface area (Å²) in [6, 6.07) is 4.95. The zero-order valence-electron chi connectivity index (χ0n) is 9.49. The van der Waals surface area contributed by atoms with Crippen molar-refractivity contribution in [2.24, 2.45) is 0 Å². The molecule has 1 aliphatic carbocycles. The number of hydrogen-bond acceptors (Lipinski definition) is 2. The Hall–Kier alpha value is -1.22. The van der Waals surface area contributed by atoms with Gasteiger partial charge in [0.2, 0.25) is 0 Å². The van der Waals surface area contributed by atoms with Gasteiger partial charge in [-0.15, -0.1) is 0 Å². The van der Waals surface area contributed by atoms with Crippen molar-refractivity contribution in [3.05, 3.63) is 28.8 Å². The minimum atomic E-state index is -1.04. The van der Waals surface area contributed by atoms with Crippen molar-refractivity contribution < 1.29 is 14.6 Å². The molecule has 0 aliphatic heterocycles. The van der Waals surface area contributed by atoms with Crippen LogP contribution in [0, 0.1) is 0 Å². The molecule has 0 radical (unpaired) electrons. The van der Waals surface area contributed by atoms with Crippen molar-refractivity contribution in [1.29, 1.82) is 0 Å². The third-order valence-corrected chi connectivity index (χ3v) is 3.35. The van der Waals surface area contributed by atoms with E-state index in [0.29, 0.717) is 5.75 Å². The van der Waals surface area contributed by atoms with Crippen molar-refractivity contribution in [3.63, 3.8) is 0 Å². The summed E-state index contributed by atoms with van der Waals surface area (Å²) in [6.07, 6.45) is 5.64. The molecule has 0 aromatic heterocycles. The second kappa shape index (κ2) is 5.41. The van der Waals surface area contributed by atoms with E-state index in [1.807, 2.05) is 0 Å². The average molecular weight is 255 g/mol. The molecular formula is C13H15ClO3. The SMILES string of the molecule is O=C(O)c1c(Cl)cccc1OC1CCCCC1. The molecule has 1 aliphatic rings. The van der Waals surface area contributed by atoms with Gasteiger partial charge >= 0.3 is 5.97 Å². The van der Waals surface area contributed by atoms with E-state index >= 15 is 0 Å². The molecule has 0 spiro atoms. The summed E-state index contributed by atoms with van der Waals surface area (Å²) in [5.41, 5.74) is 0.0692. The van der Waals surface area contributed by atoms with Crippen LogP contribution in [0.2, 0.25) is 5.02 Å². The highest BCUT2D eigenvalue weighted by Crippen LogP contribution is 2.30. The first-order valence-electron chi connectivity index (χ1n) is 5.87. The van der Waals surface area contributed by atoms with Crippen molar-refractivity contribution in [2.75, 3.05) is 0 Å². The molecule has 17 heavy (non-hydrogen) atoms. The fourth-order valence-corrected chi connectivity index (χ4v) is 2.42. The summed E-state index contributed by atoms with van der Waals surface area (Å²) >= 11 is 5.88. The zero-order chi connectivity index (χ0) is 12.3. The van der Waals surface area contributed by atoms with Gasteiger partial charge in [0, 0.05) is 0 Å². The number of rotatable bonds is 3. The largest absolute Gasteiger partial charge is 0.489 e. The maximum Gasteiger partial charge on any atom is 0.341 e. The van der Waals surface area contributed by atoms with Gasteiger partial charge < -0.3 is 9.84 Å². The molecule has 1 fully saturated rings. The molecule has 0 saturated heterocycles. The summed E-state index contributed by atoms with van der Waals surface area (Å²) in [7, 11) is 0. The van der Waals surface area contributed by atoms with Gasteiger partial charge in [0.15, 0.2) is 0 Å². The Morgan fingerprint density at radius 3 is 2.65 bits per heavy atom. The second-order valence-electron chi connectivity index (χ2n) is 4.30. The van der Waals surface area contributed by atoms with E-state index in [-0.39, 0.29) is 16.7 Å². The van der Waals surface area contributed by atoms with Crippen LogP contribution in [-0.4, -0.2) is 17.2 Å². The van der Waals surface area contributed by atoms with Gasteiger partial charge in [0.1, 0.15) is 11.3 Å². The van der Waals surface area contributed by atoms with E-state index < -0.39 is 5.97 Å². The first-order valence-corrected chi connectivity index (χ1v) is 6.25. The molecule has 92 valence electrons. The van der Waals surface area contributed by atoms with Crippen LogP contribution in [0.5, 0.6) is 5.75 Å². The molecule has 0 bridgehead atoms. The number of carbonyl (C=O) groups is 1. The van der Waals surface area contributed by atoms with Crippen LogP contribution in [0.1, 0.15) is 42.5 Å². The van der Waals surface area contributed by atoms with Gasteiger partial charge in [-0.1, -0.05) is 24.1 Å². The van der Waals surface area contributed by atoms with Crippen LogP contribution in [0.25, 0.3) is 0 Å². The smallest absolute Gasteiger partial charge is 0.341 e. The fourth-order valence-electron chi connectivity index (χ4n) is 2.17. The number of carboxylic acid groups (broad SMARTS) is 1. The highest BCUT2D eigenvalue weighted by Gasteiger charge is 2.20. The van der Waals surface area contributed by atoms with E-state index in [9.17, 15) is 4.79 Å². The summed E-state index contributed by atoms with van der Waals surface area (Å²) in [4.78, 5) is 11.1. The molecule has 0 amide bonds. The Morgan fingerprint density at radius 1 is 1.29 bits per heavy atom. The Morgan fingerprint density at radius 2 is 2.00 bits per heavy atom. The summed E-state index contributed by atoms with van der Waals surface area (Å²) in [5.74, 6) is -0.654. The van der Waals surface area contributed by atoms with E-state index in [1.54, 1.807) is 18.2 Å². The summed E-state index contributed by atoms with van der Waals surface area (Å²) in [6.45, 7) is 0. The maximum absolute atomic E-state index is 11.1. The van der Waals surface area contributed by atoms with Crippen LogP contribution in [-0.2, 0) is 0 Å². The third kappa shape index (κ3) is 2.91. The predicted molar refractivity (Wildman–Crippen MR) is 65.9 cm³/mol. The van der Waals surface area contributed by atoms with Crippen molar-refractivity contribution in [3.8, 4) is 5.75 Å². The van der Waals surface area contributed by atoms with Gasteiger partial charge in [0.05, 0.1) is 11.1 Å².